The number of nitrogens with zero attached hydrogens (tertiary/aromatic N) is 3. The summed E-state index contributed by atoms with van der Waals surface area (Å²) in [6, 6.07) is 6.79. The summed E-state index contributed by atoms with van der Waals surface area (Å²) in [5, 5.41) is 10.8. The molecule has 1 aromatic heterocycles. The lowest BCUT2D eigenvalue weighted by molar-refractivity contribution is -0.385. The van der Waals surface area contributed by atoms with E-state index in [1.165, 1.54) is 17.0 Å². The number of amides is 1. The lowest BCUT2D eigenvalue weighted by atomic mass is 10.1. The van der Waals surface area contributed by atoms with E-state index in [2.05, 4.69) is 0 Å². The number of likely N-dealkylation sites (N-methyl/N-ethyl adjacent to an activating group) is 1. The first-order chi connectivity index (χ1) is 12.4. The van der Waals surface area contributed by atoms with Crippen LogP contribution >= 0.6 is 0 Å². The Labute approximate surface area is 147 Å². The van der Waals surface area contributed by atoms with Gasteiger partial charge >= 0.3 is 0 Å². The van der Waals surface area contributed by atoms with Crippen LogP contribution in [0.25, 0.3) is 0 Å². The number of fused-ring (bicyclic) bond motifs is 1. The number of nitro groups is 1. The Bertz CT molecular complexity index is 965. The number of benzene rings is 1. The molecule has 0 unspecified atom stereocenters. The molecule has 9 heteroatoms. The van der Waals surface area contributed by atoms with Crippen LogP contribution < -0.4 is 15.2 Å². The Kier molecular flexibility index (Phi) is 4.53. The predicted octanol–water partition coefficient (Wildman–Crippen LogP) is 1.38. The van der Waals surface area contributed by atoms with Gasteiger partial charge in [-0.15, -0.1) is 0 Å². The zero-order valence-electron chi connectivity index (χ0n) is 13.9. The predicted molar refractivity (Wildman–Crippen MR) is 91.7 cm³/mol. The van der Waals surface area contributed by atoms with Crippen molar-refractivity contribution in [2.45, 2.75) is 13.5 Å². The molecule has 0 N–H and O–H groups in total. The number of ether oxygens (including phenoxy) is 1. The maximum Gasteiger partial charge on any atom is 0.285 e. The first-order valence-electron chi connectivity index (χ1n) is 7.86. The van der Waals surface area contributed by atoms with Crippen LogP contribution in [-0.4, -0.2) is 34.3 Å². The molecular weight excluding hydrogens is 342 g/mol. The number of pyridine rings is 1. The third-order valence-electron chi connectivity index (χ3n) is 4.03. The molecule has 1 amide bonds. The molecular formula is C17H15N3O6. The quantitative estimate of drug-likeness (QED) is 0.454. The Morgan fingerprint density at radius 3 is 2.73 bits per heavy atom. The number of hydrogen-bond acceptors (Lipinski definition) is 6. The van der Waals surface area contributed by atoms with E-state index in [1.807, 2.05) is 6.92 Å². The molecule has 2 heterocycles. The summed E-state index contributed by atoms with van der Waals surface area (Å²) < 4.78 is 6.33. The Morgan fingerprint density at radius 2 is 2.04 bits per heavy atom. The van der Waals surface area contributed by atoms with Gasteiger partial charge in [-0.05, 0) is 25.1 Å². The number of rotatable bonds is 5. The second kappa shape index (κ2) is 6.79. The van der Waals surface area contributed by atoms with Crippen molar-refractivity contribution in [3.05, 3.63) is 62.6 Å². The van der Waals surface area contributed by atoms with E-state index in [0.29, 0.717) is 18.0 Å². The highest BCUT2D eigenvalue weighted by Crippen LogP contribution is 2.33. The number of carbonyl (C=O) groups is 2. The van der Waals surface area contributed by atoms with E-state index in [1.54, 1.807) is 6.07 Å². The second-order valence-electron chi connectivity index (χ2n) is 5.64. The van der Waals surface area contributed by atoms with E-state index in [0.717, 1.165) is 22.9 Å². The summed E-state index contributed by atoms with van der Waals surface area (Å²) in [7, 11) is 0. The van der Waals surface area contributed by atoms with E-state index in [-0.39, 0.29) is 30.3 Å². The zero-order chi connectivity index (χ0) is 18.8. The molecule has 0 aliphatic carbocycles. The van der Waals surface area contributed by atoms with E-state index in [4.69, 9.17) is 4.74 Å². The average Bonchev–Trinajstić information content (AvgIpc) is 2.62. The van der Waals surface area contributed by atoms with Gasteiger partial charge in [0.05, 0.1) is 23.4 Å². The van der Waals surface area contributed by atoms with Crippen molar-refractivity contribution in [1.29, 1.82) is 0 Å². The molecule has 9 nitrogen and oxygen atoms in total. The zero-order valence-corrected chi connectivity index (χ0v) is 13.9. The van der Waals surface area contributed by atoms with Gasteiger partial charge in [-0.1, -0.05) is 0 Å². The molecule has 0 fully saturated rings. The maximum atomic E-state index is 12.5. The minimum atomic E-state index is -0.638. The molecule has 1 aliphatic heterocycles. The normalized spacial score (nSPS) is 13.1. The fourth-order valence-corrected chi connectivity index (χ4v) is 2.72. The van der Waals surface area contributed by atoms with Crippen LogP contribution in [0.15, 0.2) is 41.3 Å². The molecule has 0 spiro atoms. The van der Waals surface area contributed by atoms with E-state index >= 15 is 0 Å². The van der Waals surface area contributed by atoms with Gasteiger partial charge in [0.2, 0.25) is 0 Å². The Balaban J connectivity index is 1.91. The molecule has 0 atom stereocenters. The number of hydrogen-bond donors (Lipinski definition) is 0. The second-order valence-corrected chi connectivity index (χ2v) is 5.64. The summed E-state index contributed by atoms with van der Waals surface area (Å²) in [6.07, 6.45) is 1.03. The number of aromatic nitrogens is 1. The molecule has 0 saturated carbocycles. The largest absolute Gasteiger partial charge is 0.482 e. The monoisotopic (exact) mass is 357 g/mol. The minimum absolute atomic E-state index is 0.0583. The van der Waals surface area contributed by atoms with Crippen molar-refractivity contribution < 1.29 is 19.2 Å². The number of ketones is 1. The van der Waals surface area contributed by atoms with Crippen molar-refractivity contribution in [2.24, 2.45) is 0 Å². The smallest absolute Gasteiger partial charge is 0.285 e. The summed E-state index contributed by atoms with van der Waals surface area (Å²) in [5.74, 6) is -0.125. The average molecular weight is 357 g/mol. The Hall–Kier alpha value is -3.49. The van der Waals surface area contributed by atoms with Crippen molar-refractivity contribution in [3.63, 3.8) is 0 Å². The molecule has 26 heavy (non-hydrogen) atoms. The molecule has 0 saturated heterocycles. The van der Waals surface area contributed by atoms with Crippen molar-refractivity contribution in [3.8, 4) is 5.75 Å². The molecule has 134 valence electrons. The van der Waals surface area contributed by atoms with Crippen LogP contribution in [-0.2, 0) is 11.3 Å². The number of carbonyl (C=O) groups excluding carboxylic acids is 2. The first kappa shape index (κ1) is 17.3. The van der Waals surface area contributed by atoms with E-state index in [9.17, 15) is 24.5 Å². The summed E-state index contributed by atoms with van der Waals surface area (Å²) in [6.45, 7) is 1.83. The third-order valence-corrected chi connectivity index (χ3v) is 4.03. The fourth-order valence-electron chi connectivity index (χ4n) is 2.72. The molecule has 2 aromatic rings. The standard InChI is InChI=1S/C17H15N3O6/c1-2-19-13-7-11(3-5-15(13)26-10-17(19)23)14(21)9-18-8-12(20(24)25)4-6-16(18)22/h3-8H,2,9-10H2,1H3. The minimum Gasteiger partial charge on any atom is -0.482 e. The highest BCUT2D eigenvalue weighted by atomic mass is 16.6. The maximum absolute atomic E-state index is 12.5. The van der Waals surface area contributed by atoms with Gasteiger partial charge in [0.1, 0.15) is 5.75 Å². The first-order valence-corrected chi connectivity index (χ1v) is 7.86. The highest BCUT2D eigenvalue weighted by molar-refractivity contribution is 6.01. The molecule has 1 aromatic carbocycles. The fraction of sp³-hybridized carbons (Fsp3) is 0.235. The third kappa shape index (κ3) is 3.18. The van der Waals surface area contributed by atoms with Crippen LogP contribution in [0.4, 0.5) is 11.4 Å². The van der Waals surface area contributed by atoms with Gasteiger partial charge in [-0.3, -0.25) is 24.5 Å². The lowest BCUT2D eigenvalue weighted by Gasteiger charge is -2.28. The van der Waals surface area contributed by atoms with Crippen LogP contribution in [0.2, 0.25) is 0 Å². The highest BCUT2D eigenvalue weighted by Gasteiger charge is 2.25. The molecule has 0 bridgehead atoms. The van der Waals surface area contributed by atoms with Crippen LogP contribution in [0.5, 0.6) is 5.75 Å². The van der Waals surface area contributed by atoms with E-state index < -0.39 is 16.3 Å². The van der Waals surface area contributed by atoms with Gasteiger partial charge < -0.3 is 14.2 Å². The molecule has 3 rings (SSSR count). The number of Topliss-reactive ketones (excluding diaryl/α,β-unsaturated/α-hetero) is 1. The van der Waals surface area contributed by atoms with Gasteiger partial charge in [0.15, 0.2) is 12.4 Å². The summed E-state index contributed by atoms with van der Waals surface area (Å²) >= 11 is 0. The molecule has 0 radical (unpaired) electrons. The lowest BCUT2D eigenvalue weighted by Crippen LogP contribution is -2.38. The van der Waals surface area contributed by atoms with Crippen molar-refractivity contribution in [1.82, 2.24) is 4.57 Å². The van der Waals surface area contributed by atoms with Gasteiger partial charge in [0, 0.05) is 24.2 Å². The van der Waals surface area contributed by atoms with Crippen LogP contribution in [0.3, 0.4) is 0 Å². The van der Waals surface area contributed by atoms with Gasteiger partial charge in [-0.25, -0.2) is 0 Å². The van der Waals surface area contributed by atoms with Crippen LogP contribution in [0.1, 0.15) is 17.3 Å². The summed E-state index contributed by atoms with van der Waals surface area (Å²) in [5.41, 5.74) is -0.0329. The SMILES string of the molecule is CCN1C(=O)COc2ccc(C(=O)Cn3cc([N+](=O)[O-])ccc3=O)cc21. The molecule has 1 aliphatic rings. The summed E-state index contributed by atoms with van der Waals surface area (Å²) in [4.78, 5) is 48.0. The van der Waals surface area contributed by atoms with Gasteiger partial charge in [-0.2, -0.15) is 0 Å². The van der Waals surface area contributed by atoms with Gasteiger partial charge in [0.25, 0.3) is 17.2 Å². The van der Waals surface area contributed by atoms with Crippen molar-refractivity contribution in [2.75, 3.05) is 18.1 Å². The Morgan fingerprint density at radius 1 is 1.27 bits per heavy atom. The van der Waals surface area contributed by atoms with Crippen LogP contribution in [0, 0.1) is 10.1 Å². The topological polar surface area (TPSA) is 112 Å². The number of anilines is 1. The van der Waals surface area contributed by atoms with Crippen molar-refractivity contribution >= 4 is 23.1 Å².